The fourth-order valence-corrected chi connectivity index (χ4v) is 3.69. The summed E-state index contributed by atoms with van der Waals surface area (Å²) in [5, 5.41) is 4.04. The Hall–Kier alpha value is -2.57. The smallest absolute Gasteiger partial charge is 0.270 e. The fourth-order valence-electron chi connectivity index (χ4n) is 2.63. The molecule has 0 saturated heterocycles. The zero-order valence-corrected chi connectivity index (χ0v) is 15.2. The number of amides is 1. The highest BCUT2D eigenvalue weighted by Crippen LogP contribution is 2.31. The third kappa shape index (κ3) is 3.81. The highest BCUT2D eigenvalue weighted by molar-refractivity contribution is 7.15. The van der Waals surface area contributed by atoms with Crippen LogP contribution in [0.4, 0.5) is 5.13 Å². The second-order valence-corrected chi connectivity index (χ2v) is 7.34. The van der Waals surface area contributed by atoms with Crippen molar-refractivity contribution < 1.29 is 14.3 Å². The van der Waals surface area contributed by atoms with Crippen molar-refractivity contribution in [2.75, 3.05) is 11.9 Å². The zero-order chi connectivity index (χ0) is 17.9. The molecule has 0 fully saturated rings. The first-order valence-electron chi connectivity index (χ1n) is 8.06. The maximum Gasteiger partial charge on any atom is 0.270 e. The molecule has 0 unspecified atom stereocenters. The molecule has 0 aliphatic carbocycles. The van der Waals surface area contributed by atoms with Gasteiger partial charge in [0, 0.05) is 22.5 Å². The van der Waals surface area contributed by atoms with Crippen molar-refractivity contribution in [1.82, 2.24) is 4.98 Å². The van der Waals surface area contributed by atoms with Crippen LogP contribution in [0.3, 0.4) is 0 Å². The zero-order valence-electron chi connectivity index (χ0n) is 13.6. The predicted molar refractivity (Wildman–Crippen MR) is 101 cm³/mol. The molecule has 5 nitrogen and oxygen atoms in total. The van der Waals surface area contributed by atoms with E-state index in [1.807, 2.05) is 42.5 Å². The van der Waals surface area contributed by atoms with Crippen LogP contribution in [0.5, 0.6) is 11.5 Å². The first-order valence-corrected chi connectivity index (χ1v) is 9.25. The van der Waals surface area contributed by atoms with E-state index >= 15 is 0 Å². The summed E-state index contributed by atoms with van der Waals surface area (Å²) in [6.45, 7) is 0.170. The molecule has 0 saturated carbocycles. The van der Waals surface area contributed by atoms with Crippen LogP contribution in [0, 0.1) is 0 Å². The number of fused-ring (bicyclic) bond motifs is 1. The highest BCUT2D eigenvalue weighted by Gasteiger charge is 2.27. The fraction of sp³-hybridized carbons (Fsp3) is 0.158. The Bertz CT molecular complexity index is 944. The summed E-state index contributed by atoms with van der Waals surface area (Å²) in [6.07, 6.45) is 1.77. The molecule has 2 aromatic carbocycles. The van der Waals surface area contributed by atoms with Crippen LogP contribution in [0.25, 0.3) is 0 Å². The van der Waals surface area contributed by atoms with Crippen molar-refractivity contribution in [3.63, 3.8) is 0 Å². The minimum absolute atomic E-state index is 0.170. The lowest BCUT2D eigenvalue weighted by Crippen LogP contribution is -2.40. The molecule has 1 atom stereocenters. The van der Waals surface area contributed by atoms with Crippen molar-refractivity contribution in [3.8, 4) is 11.5 Å². The Balaban J connectivity index is 1.39. The van der Waals surface area contributed by atoms with Gasteiger partial charge in [-0.05, 0) is 29.8 Å². The van der Waals surface area contributed by atoms with Gasteiger partial charge in [-0.25, -0.2) is 4.98 Å². The average molecular weight is 387 g/mol. The number of nitrogens with zero attached hydrogens (tertiary/aromatic N) is 1. The van der Waals surface area contributed by atoms with Crippen molar-refractivity contribution in [2.24, 2.45) is 0 Å². The number of anilines is 1. The largest absolute Gasteiger partial charge is 0.485 e. The lowest BCUT2D eigenvalue weighted by atomic mass is 10.1. The van der Waals surface area contributed by atoms with Crippen molar-refractivity contribution in [3.05, 3.63) is 70.2 Å². The molecule has 1 N–H and O–H groups in total. The van der Waals surface area contributed by atoms with Crippen LogP contribution < -0.4 is 14.8 Å². The number of para-hydroxylation sites is 2. The highest BCUT2D eigenvalue weighted by atomic mass is 35.5. The van der Waals surface area contributed by atoms with Gasteiger partial charge in [0.2, 0.25) is 6.10 Å². The summed E-state index contributed by atoms with van der Waals surface area (Å²) in [6, 6.07) is 15.0. The number of benzene rings is 2. The molecular formula is C19H15ClN2O3S. The van der Waals surface area contributed by atoms with Gasteiger partial charge >= 0.3 is 0 Å². The maximum absolute atomic E-state index is 12.4. The molecule has 3 aromatic rings. The van der Waals surface area contributed by atoms with Gasteiger partial charge in [0.05, 0.1) is 0 Å². The molecule has 1 aromatic heterocycles. The second kappa shape index (κ2) is 7.35. The van der Waals surface area contributed by atoms with Gasteiger partial charge in [-0.3, -0.25) is 10.1 Å². The number of carbonyl (C=O) groups excluding carboxylic acids is 1. The van der Waals surface area contributed by atoms with Crippen LogP contribution in [-0.4, -0.2) is 23.6 Å². The number of halogens is 1. The maximum atomic E-state index is 12.4. The van der Waals surface area contributed by atoms with Gasteiger partial charge in [0.25, 0.3) is 5.91 Å². The molecule has 0 radical (unpaired) electrons. The van der Waals surface area contributed by atoms with Gasteiger partial charge in [-0.2, -0.15) is 0 Å². The van der Waals surface area contributed by atoms with Crippen LogP contribution in [0.2, 0.25) is 5.02 Å². The number of carbonyl (C=O) groups is 1. The van der Waals surface area contributed by atoms with Gasteiger partial charge < -0.3 is 9.47 Å². The average Bonchev–Trinajstić information content (AvgIpc) is 3.08. The quantitative estimate of drug-likeness (QED) is 0.731. The number of hydrogen-bond acceptors (Lipinski definition) is 5. The van der Waals surface area contributed by atoms with E-state index in [1.165, 1.54) is 11.3 Å². The first kappa shape index (κ1) is 16.9. The molecular weight excluding hydrogens is 372 g/mol. The van der Waals surface area contributed by atoms with Gasteiger partial charge in [0.15, 0.2) is 16.6 Å². The monoisotopic (exact) mass is 386 g/mol. The Morgan fingerprint density at radius 2 is 2.08 bits per heavy atom. The predicted octanol–water partition coefficient (Wildman–Crippen LogP) is 4.17. The number of rotatable bonds is 4. The number of nitrogens with one attached hydrogen (secondary N) is 1. The van der Waals surface area contributed by atoms with E-state index in [0.29, 0.717) is 28.1 Å². The van der Waals surface area contributed by atoms with E-state index in [0.717, 1.165) is 10.4 Å². The molecule has 0 bridgehead atoms. The molecule has 1 aliphatic heterocycles. The number of thiazole rings is 1. The minimum atomic E-state index is -0.704. The molecule has 26 heavy (non-hydrogen) atoms. The van der Waals surface area contributed by atoms with Crippen molar-refractivity contribution in [2.45, 2.75) is 12.5 Å². The molecule has 132 valence electrons. The Kier molecular flexibility index (Phi) is 4.77. The summed E-state index contributed by atoms with van der Waals surface area (Å²) in [7, 11) is 0. The van der Waals surface area contributed by atoms with Gasteiger partial charge in [0.1, 0.15) is 6.61 Å². The third-order valence-electron chi connectivity index (χ3n) is 3.85. The number of aromatic nitrogens is 1. The Morgan fingerprint density at radius 1 is 1.23 bits per heavy atom. The van der Waals surface area contributed by atoms with Crippen LogP contribution >= 0.6 is 22.9 Å². The number of hydrogen-bond donors (Lipinski definition) is 1. The SMILES string of the molecule is O=C(Nc1ncc(Cc2cccc(Cl)c2)s1)[C@H]1COc2ccccc2O1. The summed E-state index contributed by atoms with van der Waals surface area (Å²) < 4.78 is 11.3. The summed E-state index contributed by atoms with van der Waals surface area (Å²) in [5.41, 5.74) is 1.10. The number of ether oxygens (including phenoxy) is 2. The minimum Gasteiger partial charge on any atom is -0.485 e. The van der Waals surface area contributed by atoms with Crippen LogP contribution in [0.15, 0.2) is 54.7 Å². The molecule has 1 aliphatic rings. The third-order valence-corrected chi connectivity index (χ3v) is 5.00. The van der Waals surface area contributed by atoms with Gasteiger partial charge in [-0.15, -0.1) is 11.3 Å². The summed E-state index contributed by atoms with van der Waals surface area (Å²) in [4.78, 5) is 17.7. The lowest BCUT2D eigenvalue weighted by molar-refractivity contribution is -0.125. The van der Waals surface area contributed by atoms with Crippen molar-refractivity contribution >= 4 is 34.0 Å². The van der Waals surface area contributed by atoms with Crippen LogP contribution in [-0.2, 0) is 11.2 Å². The van der Waals surface area contributed by atoms with E-state index in [1.54, 1.807) is 12.3 Å². The van der Waals surface area contributed by atoms with Crippen LogP contribution in [0.1, 0.15) is 10.4 Å². The Labute approximate surface area is 159 Å². The molecule has 1 amide bonds. The molecule has 0 spiro atoms. The standard InChI is InChI=1S/C19H15ClN2O3S/c20-13-5-3-4-12(8-13)9-14-10-21-19(26-14)22-18(23)17-11-24-15-6-1-2-7-16(15)25-17/h1-8,10,17H,9,11H2,(H,21,22,23)/t17-/m1/s1. The van der Waals surface area contributed by atoms with E-state index < -0.39 is 6.10 Å². The summed E-state index contributed by atoms with van der Waals surface area (Å²) in [5.74, 6) is 0.942. The van der Waals surface area contributed by atoms with E-state index in [9.17, 15) is 4.79 Å². The molecule has 7 heteroatoms. The van der Waals surface area contributed by atoms with E-state index in [2.05, 4.69) is 10.3 Å². The van der Waals surface area contributed by atoms with Gasteiger partial charge in [-0.1, -0.05) is 35.9 Å². The van der Waals surface area contributed by atoms with Crippen molar-refractivity contribution in [1.29, 1.82) is 0 Å². The summed E-state index contributed by atoms with van der Waals surface area (Å²) >= 11 is 7.44. The second-order valence-electron chi connectivity index (χ2n) is 5.79. The van der Waals surface area contributed by atoms with E-state index in [4.69, 9.17) is 21.1 Å². The first-order chi connectivity index (χ1) is 12.7. The molecule has 4 rings (SSSR count). The topological polar surface area (TPSA) is 60.5 Å². The lowest BCUT2D eigenvalue weighted by Gasteiger charge is -2.25. The normalized spacial score (nSPS) is 15.5. The van der Waals surface area contributed by atoms with E-state index in [-0.39, 0.29) is 12.5 Å². The Morgan fingerprint density at radius 3 is 2.92 bits per heavy atom. The molecule has 2 heterocycles.